The van der Waals surface area contributed by atoms with Crippen molar-refractivity contribution in [3.8, 4) is 11.1 Å². The maximum atomic E-state index is 5.94. The largest absolute Gasteiger partial charge is 1.00 e. The van der Waals surface area contributed by atoms with Crippen LogP contribution in [0.3, 0.4) is 0 Å². The van der Waals surface area contributed by atoms with E-state index in [-0.39, 0.29) is 1.43 Å². The second-order valence-electron chi connectivity index (χ2n) is 4.90. The third kappa shape index (κ3) is 1.84. The van der Waals surface area contributed by atoms with Gasteiger partial charge >= 0.3 is 1.43 Å². The highest BCUT2D eigenvalue weighted by Gasteiger charge is 2.10. The maximum absolute atomic E-state index is 5.94. The first kappa shape index (κ1) is 12.5. The summed E-state index contributed by atoms with van der Waals surface area (Å²) in [5.74, 6) is 0. The number of nitrogen functional groups attached to an aromatic ring is 2. The van der Waals surface area contributed by atoms with Crippen LogP contribution in [0.25, 0.3) is 11.1 Å². The topological polar surface area (TPSA) is 52.0 Å². The van der Waals surface area contributed by atoms with Crippen molar-refractivity contribution in [2.24, 2.45) is 0 Å². The third-order valence-corrected chi connectivity index (χ3v) is 3.95. The lowest BCUT2D eigenvalue weighted by Crippen LogP contribution is -1.98. The van der Waals surface area contributed by atoms with Gasteiger partial charge in [-0.3, -0.25) is 0 Å². The van der Waals surface area contributed by atoms with E-state index in [2.05, 4.69) is 39.8 Å². The first-order chi connectivity index (χ1) is 8.43. The lowest BCUT2D eigenvalue weighted by Gasteiger charge is -2.15. The van der Waals surface area contributed by atoms with E-state index in [4.69, 9.17) is 11.5 Å². The molecular formula is C16H21N2+. The van der Waals surface area contributed by atoms with Gasteiger partial charge in [0.15, 0.2) is 0 Å². The molecule has 0 fully saturated rings. The quantitative estimate of drug-likeness (QED) is 0.745. The predicted octanol–water partition coefficient (Wildman–Crippen LogP) is 3.86. The first-order valence-electron chi connectivity index (χ1n) is 6.15. The summed E-state index contributed by atoms with van der Waals surface area (Å²) < 4.78 is 0. The van der Waals surface area contributed by atoms with E-state index in [0.717, 1.165) is 22.5 Å². The molecule has 0 aliphatic heterocycles. The van der Waals surface area contributed by atoms with Crippen LogP contribution in [-0.4, -0.2) is 0 Å². The Kier molecular flexibility index (Phi) is 3.04. The number of rotatable bonds is 1. The molecule has 2 nitrogen and oxygen atoms in total. The molecule has 0 saturated carbocycles. The van der Waals surface area contributed by atoms with Crippen LogP contribution in [0.2, 0.25) is 0 Å². The summed E-state index contributed by atoms with van der Waals surface area (Å²) in [5.41, 5.74) is 20.8. The molecule has 0 saturated heterocycles. The van der Waals surface area contributed by atoms with Crippen molar-refractivity contribution < 1.29 is 1.43 Å². The SMILES string of the molecule is Cc1c(N)ccc(-c2ccc(N)c(C)c2C)c1C.[H+]. The Balaban J connectivity index is 0.00000180. The van der Waals surface area contributed by atoms with Crippen LogP contribution in [0, 0.1) is 27.7 Å². The number of hydrogen-bond acceptors (Lipinski definition) is 2. The average Bonchev–Trinajstić information content (AvgIpc) is 2.35. The molecule has 0 atom stereocenters. The number of hydrogen-bond donors (Lipinski definition) is 2. The normalized spacial score (nSPS) is 10.7. The van der Waals surface area contributed by atoms with Gasteiger partial charge in [0.2, 0.25) is 0 Å². The highest BCUT2D eigenvalue weighted by atomic mass is 14.6. The van der Waals surface area contributed by atoms with Crippen molar-refractivity contribution >= 4 is 11.4 Å². The number of nitrogens with two attached hydrogens (primary N) is 2. The molecule has 0 aliphatic rings. The van der Waals surface area contributed by atoms with Gasteiger partial charge < -0.3 is 11.5 Å². The fourth-order valence-electron chi connectivity index (χ4n) is 2.27. The van der Waals surface area contributed by atoms with Crippen LogP contribution in [0.1, 0.15) is 23.7 Å². The Labute approximate surface area is 110 Å². The van der Waals surface area contributed by atoms with Crippen LogP contribution in [0.15, 0.2) is 24.3 Å². The molecule has 2 heteroatoms. The summed E-state index contributed by atoms with van der Waals surface area (Å²) in [6.45, 7) is 8.36. The summed E-state index contributed by atoms with van der Waals surface area (Å²) >= 11 is 0. The molecule has 0 bridgehead atoms. The maximum Gasteiger partial charge on any atom is 1.00 e. The standard InChI is InChI=1S/C16H20N2/c1-9-11(3)15(17)7-5-13(9)14-6-8-16(18)12(4)10(14)2/h5-8H,17-18H2,1-4H3/p+1. The Bertz CT molecular complexity index is 563. The molecule has 0 amide bonds. The Hall–Kier alpha value is -1.96. The van der Waals surface area contributed by atoms with E-state index in [1.807, 2.05) is 12.1 Å². The van der Waals surface area contributed by atoms with Gasteiger partial charge in [0.05, 0.1) is 0 Å². The van der Waals surface area contributed by atoms with Crippen molar-refractivity contribution in [3.05, 3.63) is 46.5 Å². The van der Waals surface area contributed by atoms with Crippen molar-refractivity contribution in [1.82, 2.24) is 0 Å². The molecule has 0 aliphatic carbocycles. The zero-order valence-corrected chi connectivity index (χ0v) is 11.5. The van der Waals surface area contributed by atoms with Crippen LogP contribution in [0.5, 0.6) is 0 Å². The molecule has 2 aromatic rings. The molecule has 0 heterocycles. The zero-order valence-electron chi connectivity index (χ0n) is 12.5. The van der Waals surface area contributed by atoms with E-state index < -0.39 is 0 Å². The Morgan fingerprint density at radius 3 is 1.28 bits per heavy atom. The van der Waals surface area contributed by atoms with Crippen LogP contribution < -0.4 is 11.5 Å². The lowest BCUT2D eigenvalue weighted by molar-refractivity contribution is 1.30. The van der Waals surface area contributed by atoms with E-state index in [9.17, 15) is 0 Å². The van der Waals surface area contributed by atoms with Crippen LogP contribution in [0.4, 0.5) is 11.4 Å². The molecule has 0 unspecified atom stereocenters. The van der Waals surface area contributed by atoms with Gasteiger partial charge in [0, 0.05) is 11.4 Å². The molecule has 0 radical (unpaired) electrons. The van der Waals surface area contributed by atoms with E-state index in [1.54, 1.807) is 0 Å². The number of benzene rings is 2. The number of anilines is 2. The van der Waals surface area contributed by atoms with Gasteiger partial charge in [0.25, 0.3) is 0 Å². The van der Waals surface area contributed by atoms with Crippen LogP contribution in [-0.2, 0) is 0 Å². The Morgan fingerprint density at radius 1 is 0.611 bits per heavy atom. The zero-order chi connectivity index (χ0) is 13.4. The summed E-state index contributed by atoms with van der Waals surface area (Å²) in [4.78, 5) is 0. The summed E-state index contributed by atoms with van der Waals surface area (Å²) in [6.07, 6.45) is 0. The van der Waals surface area contributed by atoms with Gasteiger partial charge in [-0.1, -0.05) is 12.1 Å². The van der Waals surface area contributed by atoms with Gasteiger partial charge in [-0.05, 0) is 73.2 Å². The van der Waals surface area contributed by atoms with Crippen molar-refractivity contribution in [1.29, 1.82) is 0 Å². The highest BCUT2D eigenvalue weighted by Crippen LogP contribution is 2.33. The molecule has 0 spiro atoms. The van der Waals surface area contributed by atoms with Gasteiger partial charge in [0.1, 0.15) is 0 Å². The minimum atomic E-state index is 0. The lowest BCUT2D eigenvalue weighted by atomic mass is 9.91. The third-order valence-electron chi connectivity index (χ3n) is 3.95. The van der Waals surface area contributed by atoms with Gasteiger partial charge in [-0.25, -0.2) is 0 Å². The van der Waals surface area contributed by atoms with Gasteiger partial charge in [-0.2, -0.15) is 0 Å². The fraction of sp³-hybridized carbons (Fsp3) is 0.250. The molecule has 94 valence electrons. The highest BCUT2D eigenvalue weighted by molar-refractivity contribution is 5.77. The van der Waals surface area contributed by atoms with Crippen molar-refractivity contribution in [2.45, 2.75) is 27.7 Å². The molecule has 0 aromatic heterocycles. The summed E-state index contributed by atoms with van der Waals surface area (Å²) in [7, 11) is 0. The van der Waals surface area contributed by atoms with E-state index in [0.29, 0.717) is 0 Å². The molecule has 4 N–H and O–H groups in total. The average molecular weight is 241 g/mol. The van der Waals surface area contributed by atoms with E-state index in [1.165, 1.54) is 22.3 Å². The monoisotopic (exact) mass is 241 g/mol. The second kappa shape index (κ2) is 4.37. The first-order valence-corrected chi connectivity index (χ1v) is 6.15. The molecule has 2 rings (SSSR count). The smallest absolute Gasteiger partial charge is 0.399 e. The molecule has 2 aromatic carbocycles. The van der Waals surface area contributed by atoms with Crippen LogP contribution >= 0.6 is 0 Å². The summed E-state index contributed by atoms with van der Waals surface area (Å²) in [6, 6.07) is 8.14. The fourth-order valence-corrected chi connectivity index (χ4v) is 2.27. The minimum Gasteiger partial charge on any atom is -0.399 e. The predicted molar refractivity (Wildman–Crippen MR) is 80.8 cm³/mol. The minimum absolute atomic E-state index is 0. The van der Waals surface area contributed by atoms with E-state index >= 15 is 0 Å². The Morgan fingerprint density at radius 2 is 0.944 bits per heavy atom. The summed E-state index contributed by atoms with van der Waals surface area (Å²) in [5, 5.41) is 0. The second-order valence-corrected chi connectivity index (χ2v) is 4.90. The van der Waals surface area contributed by atoms with Gasteiger partial charge in [-0.15, -0.1) is 0 Å². The molecular weight excluding hydrogens is 220 g/mol. The van der Waals surface area contributed by atoms with Crippen molar-refractivity contribution in [3.63, 3.8) is 0 Å². The molecule has 18 heavy (non-hydrogen) atoms. The van der Waals surface area contributed by atoms with Crippen molar-refractivity contribution in [2.75, 3.05) is 11.5 Å².